The molecule has 1 N–H and O–H groups in total. The monoisotopic (exact) mass is 476 g/mol. The number of amides is 1. The van der Waals surface area contributed by atoms with Crippen molar-refractivity contribution in [2.24, 2.45) is 11.8 Å². The Kier molecular flexibility index (Phi) is 8.67. The quantitative estimate of drug-likeness (QED) is 0.530. The highest BCUT2D eigenvalue weighted by Gasteiger charge is 2.36. The molecule has 1 atom stereocenters. The molecular formula is C24H36N4O4S. The van der Waals surface area contributed by atoms with E-state index in [2.05, 4.69) is 34.6 Å². The van der Waals surface area contributed by atoms with Crippen molar-refractivity contribution < 1.29 is 17.7 Å². The van der Waals surface area contributed by atoms with E-state index in [1.807, 2.05) is 25.1 Å². The van der Waals surface area contributed by atoms with Crippen LogP contribution >= 0.6 is 0 Å². The lowest BCUT2D eigenvalue weighted by atomic mass is 9.85. The molecule has 1 aliphatic heterocycles. The van der Waals surface area contributed by atoms with Gasteiger partial charge in [-0.25, -0.2) is 8.42 Å². The van der Waals surface area contributed by atoms with E-state index in [0.29, 0.717) is 43.9 Å². The third-order valence-corrected chi connectivity index (χ3v) is 8.64. The summed E-state index contributed by atoms with van der Waals surface area (Å²) >= 11 is 0. The number of aryl methyl sites for hydroxylation is 2. The minimum atomic E-state index is -3.63. The average molecular weight is 477 g/mol. The number of hydrogen-bond acceptors (Lipinski definition) is 6. The molecule has 2 aromatic rings. The molecule has 0 radical (unpaired) electrons. The van der Waals surface area contributed by atoms with Crippen LogP contribution in [0.4, 0.5) is 0 Å². The molecule has 1 saturated heterocycles. The second-order valence-electron chi connectivity index (χ2n) is 9.05. The van der Waals surface area contributed by atoms with Crippen molar-refractivity contribution in [3.63, 3.8) is 0 Å². The SMILES string of the molecule is Cc1noc(C)c1S(=O)(=O)N1CCC([C@@H](C)C(=O)NCCCN(C)Cc2ccccc2)CC1. The van der Waals surface area contributed by atoms with E-state index in [-0.39, 0.29) is 22.6 Å². The molecule has 33 heavy (non-hydrogen) atoms. The molecule has 9 heteroatoms. The van der Waals surface area contributed by atoms with E-state index in [9.17, 15) is 13.2 Å². The van der Waals surface area contributed by atoms with Gasteiger partial charge in [0, 0.05) is 32.1 Å². The predicted octanol–water partition coefficient (Wildman–Crippen LogP) is 2.97. The Labute approximate surface area is 197 Å². The molecule has 0 saturated carbocycles. The van der Waals surface area contributed by atoms with Crippen molar-refractivity contribution in [2.45, 2.75) is 51.5 Å². The molecule has 8 nitrogen and oxygen atoms in total. The number of aromatic nitrogens is 1. The maximum Gasteiger partial charge on any atom is 0.248 e. The molecule has 1 amide bonds. The minimum absolute atomic E-state index is 0.0488. The van der Waals surface area contributed by atoms with Crippen LogP contribution in [0.25, 0.3) is 0 Å². The standard InChI is InChI=1S/C24H36N4O4S/c1-18(24(29)25-13-8-14-27(4)17-21-9-6-5-7-10-21)22-11-15-28(16-12-22)33(30,31)23-19(2)26-32-20(23)3/h5-7,9-10,18,22H,8,11-17H2,1-4H3,(H,25,29)/t18-/m1/s1. The van der Waals surface area contributed by atoms with Crippen LogP contribution in [0.15, 0.2) is 39.8 Å². The lowest BCUT2D eigenvalue weighted by Crippen LogP contribution is -2.43. The molecule has 182 valence electrons. The molecule has 0 spiro atoms. The number of nitrogens with zero attached hydrogens (tertiary/aromatic N) is 3. The molecule has 3 rings (SSSR count). The van der Waals surface area contributed by atoms with Gasteiger partial charge in [-0.05, 0) is 58.2 Å². The predicted molar refractivity (Wildman–Crippen MR) is 127 cm³/mol. The number of piperidine rings is 1. The van der Waals surface area contributed by atoms with Crippen LogP contribution in [-0.4, -0.2) is 61.9 Å². The van der Waals surface area contributed by atoms with E-state index in [1.165, 1.54) is 9.87 Å². The molecule has 1 fully saturated rings. The highest BCUT2D eigenvalue weighted by molar-refractivity contribution is 7.89. The Bertz CT molecular complexity index is 995. The number of sulfonamides is 1. The Morgan fingerprint density at radius 2 is 1.91 bits per heavy atom. The van der Waals surface area contributed by atoms with Crippen LogP contribution in [-0.2, 0) is 21.4 Å². The van der Waals surface area contributed by atoms with Gasteiger partial charge in [-0.2, -0.15) is 4.31 Å². The number of benzene rings is 1. The topological polar surface area (TPSA) is 95.8 Å². The maximum atomic E-state index is 13.0. The lowest BCUT2D eigenvalue weighted by Gasteiger charge is -2.33. The van der Waals surface area contributed by atoms with Crippen molar-refractivity contribution in [1.82, 2.24) is 19.7 Å². The van der Waals surface area contributed by atoms with Gasteiger partial charge < -0.3 is 14.7 Å². The van der Waals surface area contributed by atoms with Crippen LogP contribution in [0.2, 0.25) is 0 Å². The summed E-state index contributed by atoms with van der Waals surface area (Å²) in [6.45, 7) is 8.44. The molecule has 1 aromatic carbocycles. The number of rotatable bonds is 10. The van der Waals surface area contributed by atoms with Gasteiger partial charge in [0.25, 0.3) is 0 Å². The lowest BCUT2D eigenvalue weighted by molar-refractivity contribution is -0.126. The summed E-state index contributed by atoms with van der Waals surface area (Å²) in [5.74, 6) is 0.391. The Morgan fingerprint density at radius 3 is 2.52 bits per heavy atom. The highest BCUT2D eigenvalue weighted by Crippen LogP contribution is 2.30. The van der Waals surface area contributed by atoms with E-state index >= 15 is 0 Å². The third kappa shape index (κ3) is 6.43. The van der Waals surface area contributed by atoms with E-state index in [1.54, 1.807) is 13.8 Å². The van der Waals surface area contributed by atoms with Crippen LogP contribution in [0.3, 0.4) is 0 Å². The normalized spacial score (nSPS) is 16.8. The summed E-state index contributed by atoms with van der Waals surface area (Å²) in [5.41, 5.74) is 1.66. The summed E-state index contributed by atoms with van der Waals surface area (Å²) in [7, 11) is -1.54. The molecule has 0 unspecified atom stereocenters. The van der Waals surface area contributed by atoms with Gasteiger partial charge in [-0.1, -0.05) is 42.4 Å². The van der Waals surface area contributed by atoms with Crippen molar-refractivity contribution in [2.75, 3.05) is 33.2 Å². The van der Waals surface area contributed by atoms with E-state index < -0.39 is 10.0 Å². The fourth-order valence-electron chi connectivity index (χ4n) is 4.50. The van der Waals surface area contributed by atoms with Gasteiger partial charge in [0.15, 0.2) is 5.76 Å². The van der Waals surface area contributed by atoms with Crippen LogP contribution in [0.5, 0.6) is 0 Å². The zero-order chi connectivity index (χ0) is 24.0. The van der Waals surface area contributed by atoms with Gasteiger partial charge >= 0.3 is 0 Å². The summed E-state index contributed by atoms with van der Waals surface area (Å²) in [6, 6.07) is 10.3. The third-order valence-electron chi connectivity index (χ3n) is 6.50. The van der Waals surface area contributed by atoms with Gasteiger partial charge in [0.05, 0.1) is 0 Å². The summed E-state index contributed by atoms with van der Waals surface area (Å²) in [6.07, 6.45) is 2.21. The fourth-order valence-corrected chi connectivity index (χ4v) is 6.26. The Balaban J connectivity index is 1.40. The fraction of sp³-hybridized carbons (Fsp3) is 0.583. The van der Waals surface area contributed by atoms with Crippen LogP contribution in [0, 0.1) is 25.7 Å². The van der Waals surface area contributed by atoms with Crippen molar-refractivity contribution in [3.8, 4) is 0 Å². The first kappa shape index (κ1) is 25.4. The number of carbonyl (C=O) groups excluding carboxylic acids is 1. The molecule has 1 aliphatic rings. The maximum absolute atomic E-state index is 13.0. The smallest absolute Gasteiger partial charge is 0.248 e. The number of nitrogens with one attached hydrogen (secondary N) is 1. The number of carbonyl (C=O) groups is 1. The first-order chi connectivity index (χ1) is 15.7. The second-order valence-corrected chi connectivity index (χ2v) is 10.9. The van der Waals surface area contributed by atoms with Gasteiger partial charge in [-0.3, -0.25) is 4.79 Å². The zero-order valence-electron chi connectivity index (χ0n) is 20.1. The molecule has 0 bridgehead atoms. The Morgan fingerprint density at radius 1 is 1.24 bits per heavy atom. The van der Waals surface area contributed by atoms with Crippen LogP contribution in [0.1, 0.15) is 43.2 Å². The first-order valence-corrected chi connectivity index (χ1v) is 13.1. The average Bonchev–Trinajstić information content (AvgIpc) is 3.15. The summed E-state index contributed by atoms with van der Waals surface area (Å²) < 4.78 is 32.5. The van der Waals surface area contributed by atoms with Gasteiger partial charge in [0.1, 0.15) is 10.6 Å². The van der Waals surface area contributed by atoms with Crippen LogP contribution < -0.4 is 5.32 Å². The second kappa shape index (κ2) is 11.3. The highest BCUT2D eigenvalue weighted by atomic mass is 32.2. The van der Waals surface area contributed by atoms with Gasteiger partial charge in [-0.15, -0.1) is 0 Å². The summed E-state index contributed by atoms with van der Waals surface area (Å²) in [4.78, 5) is 15.1. The van der Waals surface area contributed by atoms with Crippen molar-refractivity contribution in [1.29, 1.82) is 0 Å². The van der Waals surface area contributed by atoms with E-state index in [0.717, 1.165) is 19.5 Å². The molecule has 2 heterocycles. The molecule has 1 aromatic heterocycles. The largest absolute Gasteiger partial charge is 0.360 e. The van der Waals surface area contributed by atoms with Crippen molar-refractivity contribution in [3.05, 3.63) is 47.3 Å². The number of hydrogen-bond donors (Lipinski definition) is 1. The summed E-state index contributed by atoms with van der Waals surface area (Å²) in [5, 5.41) is 6.83. The zero-order valence-corrected chi connectivity index (χ0v) is 20.9. The van der Waals surface area contributed by atoms with Crippen molar-refractivity contribution >= 4 is 15.9 Å². The van der Waals surface area contributed by atoms with E-state index in [4.69, 9.17) is 4.52 Å². The van der Waals surface area contributed by atoms with Gasteiger partial charge in [0.2, 0.25) is 15.9 Å². The Hall–Kier alpha value is -2.23. The molecular weight excluding hydrogens is 440 g/mol. The minimum Gasteiger partial charge on any atom is -0.360 e. The molecule has 0 aliphatic carbocycles. The first-order valence-electron chi connectivity index (χ1n) is 11.6.